The van der Waals surface area contributed by atoms with Gasteiger partial charge in [0.25, 0.3) is 0 Å². The number of carbonyl (C=O) groups is 2. The van der Waals surface area contributed by atoms with E-state index in [2.05, 4.69) is 21.2 Å². The molecule has 32 heavy (non-hydrogen) atoms. The summed E-state index contributed by atoms with van der Waals surface area (Å²) >= 11 is 0. The minimum Gasteiger partial charge on any atom is -0.299 e. The average molecular weight is 422 g/mol. The lowest BCUT2D eigenvalue weighted by atomic mass is 9.98. The van der Waals surface area contributed by atoms with Gasteiger partial charge in [-0.1, -0.05) is 42.5 Å². The van der Waals surface area contributed by atoms with Crippen LogP contribution in [0.1, 0.15) is 45.1 Å². The zero-order valence-electron chi connectivity index (χ0n) is 17.9. The van der Waals surface area contributed by atoms with Crippen LogP contribution < -0.4 is 0 Å². The molecule has 1 aliphatic carbocycles. The molecule has 1 aliphatic rings. The molecule has 2 heterocycles. The second-order valence-electron chi connectivity index (χ2n) is 8.54. The highest BCUT2D eigenvalue weighted by Crippen LogP contribution is 2.48. The molecule has 2 atom stereocenters. The largest absolute Gasteiger partial charge is 0.299 e. The third kappa shape index (κ3) is 4.19. The van der Waals surface area contributed by atoms with Crippen molar-refractivity contribution in [2.45, 2.75) is 32.1 Å². The van der Waals surface area contributed by atoms with E-state index in [1.807, 2.05) is 55.7 Å². The predicted molar refractivity (Wildman–Crippen MR) is 123 cm³/mol. The third-order valence-corrected chi connectivity index (χ3v) is 6.24. The number of rotatable bonds is 7. The van der Waals surface area contributed by atoms with Crippen molar-refractivity contribution in [1.82, 2.24) is 15.2 Å². The molecule has 1 saturated carbocycles. The third-order valence-electron chi connectivity index (χ3n) is 6.24. The fourth-order valence-electron chi connectivity index (χ4n) is 4.33. The minimum absolute atomic E-state index is 0.0160. The molecule has 1 unspecified atom stereocenters. The van der Waals surface area contributed by atoms with Crippen LogP contribution in [0, 0.1) is 12.8 Å². The number of ketones is 2. The van der Waals surface area contributed by atoms with Gasteiger partial charge >= 0.3 is 0 Å². The van der Waals surface area contributed by atoms with E-state index < -0.39 is 0 Å². The molecule has 4 aromatic rings. The van der Waals surface area contributed by atoms with Crippen molar-refractivity contribution in [3.63, 3.8) is 0 Å². The van der Waals surface area contributed by atoms with Crippen molar-refractivity contribution >= 4 is 22.3 Å². The number of nitrogens with zero attached hydrogens (tertiary/aromatic N) is 3. The Kier molecular flexibility index (Phi) is 5.31. The highest BCUT2D eigenvalue weighted by atomic mass is 16.1. The van der Waals surface area contributed by atoms with E-state index in [9.17, 15) is 9.59 Å². The second-order valence-corrected chi connectivity index (χ2v) is 8.54. The first kappa shape index (κ1) is 20.2. The smallest absolute Gasteiger partial charge is 0.168 e. The van der Waals surface area contributed by atoms with E-state index in [4.69, 9.17) is 0 Å². The Morgan fingerprint density at radius 1 is 1.00 bits per heavy atom. The molecule has 2 aromatic heterocycles. The van der Waals surface area contributed by atoms with Gasteiger partial charge in [0.2, 0.25) is 0 Å². The molecular weight excluding hydrogens is 398 g/mol. The van der Waals surface area contributed by atoms with Crippen molar-refractivity contribution in [2.24, 2.45) is 5.92 Å². The van der Waals surface area contributed by atoms with Gasteiger partial charge in [-0.25, -0.2) is 0 Å². The first-order valence-electron chi connectivity index (χ1n) is 10.8. The number of aromatic nitrogens is 3. The van der Waals surface area contributed by atoms with Crippen molar-refractivity contribution in [2.75, 3.05) is 0 Å². The van der Waals surface area contributed by atoms with E-state index in [0.717, 1.165) is 33.9 Å². The van der Waals surface area contributed by atoms with E-state index in [0.29, 0.717) is 17.7 Å². The maximum atomic E-state index is 12.9. The number of aryl methyl sites for hydroxylation is 1. The molecule has 5 rings (SSSR count). The summed E-state index contributed by atoms with van der Waals surface area (Å²) in [6, 6.07) is 17.4. The van der Waals surface area contributed by atoms with Crippen LogP contribution >= 0.6 is 0 Å². The van der Waals surface area contributed by atoms with Gasteiger partial charge in [-0.3, -0.25) is 14.6 Å². The molecular formula is C27H23N3O2. The average Bonchev–Trinajstić information content (AvgIpc) is 3.62. The molecule has 0 aliphatic heterocycles. The van der Waals surface area contributed by atoms with Crippen molar-refractivity contribution < 1.29 is 9.59 Å². The van der Waals surface area contributed by atoms with Crippen molar-refractivity contribution in [1.29, 1.82) is 0 Å². The molecule has 0 amide bonds. The van der Waals surface area contributed by atoms with Gasteiger partial charge in [-0.05, 0) is 53.5 Å². The molecule has 0 saturated heterocycles. The lowest BCUT2D eigenvalue weighted by Crippen LogP contribution is -2.07. The Morgan fingerprint density at radius 3 is 2.62 bits per heavy atom. The van der Waals surface area contributed by atoms with Crippen LogP contribution in [0.15, 0.2) is 73.2 Å². The van der Waals surface area contributed by atoms with E-state index >= 15 is 0 Å². The molecule has 0 N–H and O–H groups in total. The summed E-state index contributed by atoms with van der Waals surface area (Å²) in [7, 11) is 0. The zero-order valence-corrected chi connectivity index (χ0v) is 17.9. The number of carbonyl (C=O) groups excluding carboxylic acids is 2. The first-order valence-corrected chi connectivity index (χ1v) is 10.8. The molecule has 1 fully saturated rings. The highest BCUT2D eigenvalue weighted by molar-refractivity contribution is 5.97. The molecule has 158 valence electrons. The summed E-state index contributed by atoms with van der Waals surface area (Å²) in [5, 5.41) is 10.0. The maximum Gasteiger partial charge on any atom is 0.168 e. The maximum absolute atomic E-state index is 12.9. The summed E-state index contributed by atoms with van der Waals surface area (Å²) in [4.78, 5) is 29.6. The highest BCUT2D eigenvalue weighted by Gasteiger charge is 2.43. The van der Waals surface area contributed by atoms with Crippen LogP contribution in [0.4, 0.5) is 0 Å². The fraction of sp³-hybridized carbons (Fsp3) is 0.222. The van der Waals surface area contributed by atoms with E-state index in [1.54, 1.807) is 18.3 Å². The lowest BCUT2D eigenvalue weighted by molar-refractivity contribution is -0.119. The van der Waals surface area contributed by atoms with Crippen LogP contribution in [0.2, 0.25) is 0 Å². The van der Waals surface area contributed by atoms with Gasteiger partial charge in [-0.2, -0.15) is 10.2 Å². The van der Waals surface area contributed by atoms with Gasteiger partial charge in [0, 0.05) is 41.9 Å². The SMILES string of the molecule is Cc1cncc2ccc(CC(=O)[C@@H]3CC3c3ccc(C(=O)Cc4cccnn4)cc3)cc12. The monoisotopic (exact) mass is 421 g/mol. The van der Waals surface area contributed by atoms with E-state index in [-0.39, 0.29) is 29.8 Å². The quantitative estimate of drug-likeness (QED) is 0.405. The Balaban J connectivity index is 1.22. The summed E-state index contributed by atoms with van der Waals surface area (Å²) in [5.41, 5.74) is 4.61. The van der Waals surface area contributed by atoms with Crippen molar-refractivity contribution in [3.8, 4) is 0 Å². The molecule has 5 nitrogen and oxygen atoms in total. The normalized spacial score (nSPS) is 17.3. The molecule has 5 heteroatoms. The molecule has 0 radical (unpaired) electrons. The fourth-order valence-corrected chi connectivity index (χ4v) is 4.33. The number of benzene rings is 2. The van der Waals surface area contributed by atoms with E-state index in [1.165, 1.54) is 0 Å². The number of fused-ring (bicyclic) bond motifs is 1. The van der Waals surface area contributed by atoms with Gasteiger partial charge in [0.15, 0.2) is 5.78 Å². The first-order chi connectivity index (χ1) is 15.6. The summed E-state index contributed by atoms with van der Waals surface area (Å²) in [5.74, 6) is 0.606. The van der Waals surface area contributed by atoms with Crippen LogP contribution in [0.25, 0.3) is 10.8 Å². The summed E-state index contributed by atoms with van der Waals surface area (Å²) in [6.07, 6.45) is 6.86. The van der Waals surface area contributed by atoms with Gasteiger partial charge < -0.3 is 0 Å². The van der Waals surface area contributed by atoms with Gasteiger partial charge in [0.05, 0.1) is 12.1 Å². The van der Waals surface area contributed by atoms with Crippen molar-refractivity contribution in [3.05, 3.63) is 101 Å². The van der Waals surface area contributed by atoms with Crippen LogP contribution in [0.3, 0.4) is 0 Å². The lowest BCUT2D eigenvalue weighted by Gasteiger charge is -2.06. The van der Waals surface area contributed by atoms with Crippen LogP contribution in [-0.2, 0) is 17.6 Å². The second kappa shape index (κ2) is 8.42. The molecule has 2 aromatic carbocycles. The molecule has 0 spiro atoms. The molecule has 0 bridgehead atoms. The Hall–Kier alpha value is -3.73. The standard InChI is InChI=1S/C27H23N3O2/c1-17-15-28-16-21-5-4-18(11-23(17)21)12-27(32)25-14-24(25)19-6-8-20(9-7-19)26(31)13-22-3-2-10-29-30-22/h2-11,15-16,24-25H,12-14H2,1H3/t24?,25-/m1/s1. The van der Waals surface area contributed by atoms with Crippen LogP contribution in [0.5, 0.6) is 0 Å². The Bertz CT molecular complexity index is 1300. The van der Waals surface area contributed by atoms with Gasteiger partial charge in [0.1, 0.15) is 5.78 Å². The number of Topliss-reactive ketones (excluding diaryl/α,β-unsaturated/α-hetero) is 2. The topological polar surface area (TPSA) is 72.8 Å². The minimum atomic E-state index is 0.0160. The Morgan fingerprint density at radius 2 is 1.84 bits per heavy atom. The number of pyridine rings is 1. The summed E-state index contributed by atoms with van der Waals surface area (Å²) in [6.45, 7) is 2.04. The summed E-state index contributed by atoms with van der Waals surface area (Å²) < 4.78 is 0. The Labute approximate surface area is 186 Å². The zero-order chi connectivity index (χ0) is 22.1. The van der Waals surface area contributed by atoms with Gasteiger partial charge in [-0.15, -0.1) is 0 Å². The van der Waals surface area contributed by atoms with Crippen LogP contribution in [-0.4, -0.2) is 26.7 Å². The number of hydrogen-bond donors (Lipinski definition) is 0. The predicted octanol–water partition coefficient (Wildman–Crippen LogP) is 4.67. The number of hydrogen-bond acceptors (Lipinski definition) is 5.